The lowest BCUT2D eigenvalue weighted by atomic mass is 9.92. The molecule has 1 atom stereocenters. The average molecular weight is 345 g/mol. The SMILES string of the molecule is CCC(CCCO)c1ccc(OCCc2ccc(O)cc2)cc1.CN. The smallest absolute Gasteiger partial charge is 0.119 e. The molecule has 1 unspecified atom stereocenters. The molecule has 0 fully saturated rings. The molecule has 138 valence electrons. The van der Waals surface area contributed by atoms with Gasteiger partial charge in [0.1, 0.15) is 11.5 Å². The summed E-state index contributed by atoms with van der Waals surface area (Å²) in [6.45, 7) is 3.06. The minimum Gasteiger partial charge on any atom is -0.508 e. The number of hydrogen-bond acceptors (Lipinski definition) is 4. The van der Waals surface area contributed by atoms with Crippen LogP contribution in [0.2, 0.25) is 0 Å². The Morgan fingerprint density at radius 3 is 2.20 bits per heavy atom. The van der Waals surface area contributed by atoms with Gasteiger partial charge in [0, 0.05) is 13.0 Å². The van der Waals surface area contributed by atoms with Crippen LogP contribution in [0, 0.1) is 0 Å². The van der Waals surface area contributed by atoms with Crippen LogP contribution in [-0.2, 0) is 6.42 Å². The molecule has 0 heterocycles. The Morgan fingerprint density at radius 2 is 1.64 bits per heavy atom. The van der Waals surface area contributed by atoms with Crippen molar-refractivity contribution in [3.8, 4) is 11.5 Å². The fraction of sp³-hybridized carbons (Fsp3) is 0.429. The molecular formula is C21H31NO3. The molecular weight excluding hydrogens is 314 g/mol. The normalized spacial score (nSPS) is 11.4. The van der Waals surface area contributed by atoms with Crippen molar-refractivity contribution in [2.45, 2.75) is 38.5 Å². The minimum absolute atomic E-state index is 0.259. The lowest BCUT2D eigenvalue weighted by Crippen LogP contribution is -2.02. The van der Waals surface area contributed by atoms with E-state index in [-0.39, 0.29) is 12.4 Å². The molecule has 0 spiro atoms. The monoisotopic (exact) mass is 345 g/mol. The van der Waals surface area contributed by atoms with Crippen LogP contribution in [0.5, 0.6) is 11.5 Å². The number of nitrogens with two attached hydrogens (primary N) is 1. The molecule has 4 N–H and O–H groups in total. The second-order valence-electron chi connectivity index (χ2n) is 5.80. The summed E-state index contributed by atoms with van der Waals surface area (Å²) in [5, 5.41) is 18.2. The summed E-state index contributed by atoms with van der Waals surface area (Å²) in [5.41, 5.74) is 6.96. The van der Waals surface area contributed by atoms with Crippen LogP contribution in [0.1, 0.15) is 43.2 Å². The van der Waals surface area contributed by atoms with Gasteiger partial charge in [-0.3, -0.25) is 0 Å². The van der Waals surface area contributed by atoms with Crippen molar-refractivity contribution >= 4 is 0 Å². The molecule has 0 bridgehead atoms. The molecule has 0 aliphatic rings. The van der Waals surface area contributed by atoms with E-state index in [1.165, 1.54) is 12.6 Å². The Balaban J connectivity index is 0.00000151. The zero-order chi connectivity index (χ0) is 18.5. The summed E-state index contributed by atoms with van der Waals surface area (Å²) < 4.78 is 5.79. The number of hydrogen-bond donors (Lipinski definition) is 3. The second kappa shape index (κ2) is 12.3. The van der Waals surface area contributed by atoms with Crippen molar-refractivity contribution in [1.29, 1.82) is 0 Å². The summed E-state index contributed by atoms with van der Waals surface area (Å²) >= 11 is 0. The predicted molar refractivity (Wildman–Crippen MR) is 103 cm³/mol. The van der Waals surface area contributed by atoms with Crippen LogP contribution in [0.4, 0.5) is 0 Å². The Kier molecular flexibility index (Phi) is 10.4. The molecule has 25 heavy (non-hydrogen) atoms. The molecule has 4 nitrogen and oxygen atoms in total. The first-order valence-electron chi connectivity index (χ1n) is 8.92. The molecule has 0 saturated carbocycles. The zero-order valence-electron chi connectivity index (χ0n) is 15.3. The highest BCUT2D eigenvalue weighted by molar-refractivity contribution is 5.30. The van der Waals surface area contributed by atoms with Gasteiger partial charge in [0.15, 0.2) is 0 Å². The first-order valence-corrected chi connectivity index (χ1v) is 8.92. The van der Waals surface area contributed by atoms with Crippen molar-refractivity contribution in [2.75, 3.05) is 20.3 Å². The van der Waals surface area contributed by atoms with Gasteiger partial charge in [-0.05, 0) is 67.6 Å². The quantitative estimate of drug-likeness (QED) is 0.645. The van der Waals surface area contributed by atoms with Crippen molar-refractivity contribution in [1.82, 2.24) is 0 Å². The minimum atomic E-state index is 0.259. The van der Waals surface area contributed by atoms with Crippen LogP contribution >= 0.6 is 0 Å². The lowest BCUT2D eigenvalue weighted by Gasteiger charge is -2.15. The number of rotatable bonds is 9. The molecule has 0 aromatic heterocycles. The van der Waals surface area contributed by atoms with E-state index in [1.54, 1.807) is 12.1 Å². The highest BCUT2D eigenvalue weighted by atomic mass is 16.5. The van der Waals surface area contributed by atoms with Crippen molar-refractivity contribution in [3.05, 3.63) is 59.7 Å². The number of phenolic OH excluding ortho intramolecular Hbond substituents is 1. The molecule has 0 radical (unpaired) electrons. The molecule has 0 saturated heterocycles. The number of aromatic hydroxyl groups is 1. The van der Waals surface area contributed by atoms with Crippen LogP contribution in [0.3, 0.4) is 0 Å². The van der Waals surface area contributed by atoms with E-state index in [0.29, 0.717) is 12.5 Å². The molecule has 2 aromatic rings. The maximum absolute atomic E-state index is 9.26. The number of phenols is 1. The lowest BCUT2D eigenvalue weighted by molar-refractivity contribution is 0.279. The Bertz CT molecular complexity index is 567. The Morgan fingerprint density at radius 1 is 1.00 bits per heavy atom. The molecule has 4 heteroatoms. The zero-order valence-corrected chi connectivity index (χ0v) is 15.3. The van der Waals surface area contributed by atoms with Gasteiger partial charge in [-0.15, -0.1) is 0 Å². The van der Waals surface area contributed by atoms with Gasteiger partial charge in [0.05, 0.1) is 6.61 Å². The number of aliphatic hydroxyl groups excluding tert-OH is 1. The third-order valence-electron chi connectivity index (χ3n) is 4.15. The van der Waals surface area contributed by atoms with E-state index >= 15 is 0 Å². The van der Waals surface area contributed by atoms with Crippen molar-refractivity contribution < 1.29 is 14.9 Å². The fourth-order valence-electron chi connectivity index (χ4n) is 2.73. The van der Waals surface area contributed by atoms with E-state index in [1.807, 2.05) is 24.3 Å². The van der Waals surface area contributed by atoms with Gasteiger partial charge in [-0.25, -0.2) is 0 Å². The largest absolute Gasteiger partial charge is 0.508 e. The fourth-order valence-corrected chi connectivity index (χ4v) is 2.73. The standard InChI is InChI=1S/C20H26O3.CH5N/c1-2-17(4-3-14-21)18-7-11-20(12-8-18)23-15-13-16-5-9-19(22)10-6-16;1-2/h5-12,17,21-22H,2-4,13-15H2,1H3;2H2,1H3. The molecule has 0 aliphatic carbocycles. The van der Waals surface area contributed by atoms with Gasteiger partial charge in [-0.2, -0.15) is 0 Å². The van der Waals surface area contributed by atoms with Gasteiger partial charge in [-0.1, -0.05) is 31.2 Å². The van der Waals surface area contributed by atoms with Gasteiger partial charge >= 0.3 is 0 Å². The van der Waals surface area contributed by atoms with E-state index in [9.17, 15) is 5.11 Å². The molecule has 2 rings (SSSR count). The molecule has 2 aromatic carbocycles. The topological polar surface area (TPSA) is 75.7 Å². The Hall–Kier alpha value is -2.04. The summed E-state index contributed by atoms with van der Waals surface area (Å²) in [6.07, 6.45) is 3.77. The summed E-state index contributed by atoms with van der Waals surface area (Å²) in [5.74, 6) is 1.68. The van der Waals surface area contributed by atoms with E-state index in [4.69, 9.17) is 9.84 Å². The second-order valence-corrected chi connectivity index (χ2v) is 5.80. The van der Waals surface area contributed by atoms with Crippen molar-refractivity contribution in [3.63, 3.8) is 0 Å². The maximum atomic E-state index is 9.26. The van der Waals surface area contributed by atoms with Crippen LogP contribution < -0.4 is 10.5 Å². The van der Waals surface area contributed by atoms with Gasteiger partial charge in [0.25, 0.3) is 0 Å². The number of aliphatic hydroxyl groups is 1. The van der Waals surface area contributed by atoms with E-state index < -0.39 is 0 Å². The predicted octanol–water partition coefficient (Wildman–Crippen LogP) is 3.85. The van der Waals surface area contributed by atoms with Gasteiger partial charge in [0.2, 0.25) is 0 Å². The highest BCUT2D eigenvalue weighted by Crippen LogP contribution is 2.26. The highest BCUT2D eigenvalue weighted by Gasteiger charge is 2.09. The average Bonchev–Trinajstić information content (AvgIpc) is 2.67. The number of ether oxygens (including phenoxy) is 1. The van der Waals surface area contributed by atoms with E-state index in [2.05, 4.69) is 24.8 Å². The number of benzene rings is 2. The molecule has 0 aliphatic heterocycles. The molecule has 0 amide bonds. The van der Waals surface area contributed by atoms with Crippen LogP contribution in [-0.4, -0.2) is 30.5 Å². The summed E-state index contributed by atoms with van der Waals surface area (Å²) in [7, 11) is 1.50. The summed E-state index contributed by atoms with van der Waals surface area (Å²) in [4.78, 5) is 0. The third-order valence-corrected chi connectivity index (χ3v) is 4.15. The first kappa shape index (κ1) is 21.0. The van der Waals surface area contributed by atoms with Crippen molar-refractivity contribution in [2.24, 2.45) is 5.73 Å². The third kappa shape index (κ3) is 7.59. The first-order chi connectivity index (χ1) is 12.2. The summed E-state index contributed by atoms with van der Waals surface area (Å²) in [6, 6.07) is 15.5. The Labute approximate surface area is 151 Å². The maximum Gasteiger partial charge on any atom is 0.119 e. The van der Waals surface area contributed by atoms with Gasteiger partial charge < -0.3 is 20.7 Å². The van der Waals surface area contributed by atoms with Crippen LogP contribution in [0.25, 0.3) is 0 Å². The van der Waals surface area contributed by atoms with E-state index in [0.717, 1.165) is 37.0 Å². The van der Waals surface area contributed by atoms with Crippen LogP contribution in [0.15, 0.2) is 48.5 Å².